The Kier molecular flexibility index (Phi) is 9.93. The van der Waals surface area contributed by atoms with E-state index in [1.54, 1.807) is 6.07 Å². The van der Waals surface area contributed by atoms with Crippen LogP contribution in [-0.4, -0.2) is 97.3 Å². The highest BCUT2D eigenvalue weighted by atomic mass is 32.3. The van der Waals surface area contributed by atoms with Gasteiger partial charge >= 0.3 is 16.4 Å². The normalized spacial score (nSPS) is 20.6. The van der Waals surface area contributed by atoms with Gasteiger partial charge < -0.3 is 36.6 Å². The molecule has 1 saturated heterocycles. The van der Waals surface area contributed by atoms with Gasteiger partial charge in [0, 0.05) is 11.9 Å². The molecule has 50 heavy (non-hydrogen) atoms. The summed E-state index contributed by atoms with van der Waals surface area (Å²) in [6.45, 7) is 4.42. The van der Waals surface area contributed by atoms with Gasteiger partial charge in [-0.1, -0.05) is 11.2 Å². The van der Waals surface area contributed by atoms with Crippen molar-refractivity contribution in [2.75, 3.05) is 12.3 Å². The molecule has 0 spiro atoms. The molecule has 1 fully saturated rings. The van der Waals surface area contributed by atoms with Crippen LogP contribution in [0.15, 0.2) is 41.1 Å². The molecule has 0 saturated carbocycles. The number of aryl methyl sites for hydroxylation is 2. The number of carboxylic acids is 1. The zero-order chi connectivity index (χ0) is 36.8. The van der Waals surface area contributed by atoms with E-state index in [0.29, 0.717) is 23.8 Å². The van der Waals surface area contributed by atoms with Crippen LogP contribution in [0.3, 0.4) is 0 Å². The predicted molar refractivity (Wildman–Crippen MR) is 175 cm³/mol. The number of nitrogens with zero attached hydrogens (tertiary/aromatic N) is 5. The van der Waals surface area contributed by atoms with Crippen molar-refractivity contribution < 1.29 is 56.1 Å². The lowest BCUT2D eigenvalue weighted by Gasteiger charge is -2.50. The summed E-state index contributed by atoms with van der Waals surface area (Å²) >= 11 is 0.962. The first-order valence-electron chi connectivity index (χ1n) is 15.1. The molecule has 0 aliphatic carbocycles. The van der Waals surface area contributed by atoms with Gasteiger partial charge in [-0.15, -0.1) is 20.3 Å². The molecule has 4 atom stereocenters. The smallest absolute Gasteiger partial charge is 0.418 e. The molecule has 2 aromatic heterocycles. The number of β-lactam (4-membered cyclic amide) rings is 1. The number of aliphatic carboxylic acids is 1. The van der Waals surface area contributed by atoms with Crippen LogP contribution in [0.4, 0.5) is 5.13 Å². The number of carboxylic acid groups (broad SMARTS) is 1. The number of hydrogen-bond donors (Lipinski definition) is 6. The molecule has 8 N–H and O–H groups in total. The predicted octanol–water partition coefficient (Wildman–Crippen LogP) is -0.864. The molecule has 2 amide bonds. The van der Waals surface area contributed by atoms with Crippen molar-refractivity contribution in [2.45, 2.75) is 69.5 Å². The maximum atomic E-state index is 13.5. The fourth-order valence-electron chi connectivity index (χ4n) is 5.53. The molecule has 0 radical (unpaired) electrons. The minimum absolute atomic E-state index is 0.0549. The number of aliphatic hydroxyl groups is 1. The van der Waals surface area contributed by atoms with Crippen molar-refractivity contribution in [1.82, 2.24) is 20.0 Å². The van der Waals surface area contributed by atoms with Crippen LogP contribution in [0.5, 0.6) is 5.75 Å². The lowest BCUT2D eigenvalue weighted by atomic mass is 9.84. The quantitative estimate of drug-likeness (QED) is 0.0410. The van der Waals surface area contributed by atoms with Crippen molar-refractivity contribution in [3.63, 3.8) is 0 Å². The molecule has 3 aromatic rings. The summed E-state index contributed by atoms with van der Waals surface area (Å²) in [5.41, 5.74) is 9.73. The second-order valence-corrected chi connectivity index (χ2v) is 14.4. The van der Waals surface area contributed by atoms with Crippen LogP contribution in [0.1, 0.15) is 38.4 Å². The summed E-state index contributed by atoms with van der Waals surface area (Å²) in [5, 5.41) is 28.4. The Balaban J connectivity index is 1.36. The third kappa shape index (κ3) is 7.27. The molecule has 2 aliphatic heterocycles. The third-order valence-corrected chi connectivity index (χ3v) is 9.51. The number of thiazole rings is 1. The number of nitrogens with one attached hydrogen (secondary N) is 1. The molecule has 21 heteroatoms. The fourth-order valence-corrected chi connectivity index (χ4v) is 6.54. The van der Waals surface area contributed by atoms with Gasteiger partial charge in [-0.25, -0.2) is 9.78 Å². The molecule has 0 bridgehead atoms. The number of hydrogen-bond acceptors (Lipinski definition) is 14. The second kappa shape index (κ2) is 13.6. The van der Waals surface area contributed by atoms with Crippen molar-refractivity contribution >= 4 is 50.4 Å². The Hall–Kier alpha value is -4.67. The minimum Gasteiger partial charge on any atom is -0.485 e. The van der Waals surface area contributed by atoms with Crippen molar-refractivity contribution in [3.8, 4) is 16.9 Å². The fraction of sp³-hybridized carbons (Fsp3) is 0.448. The van der Waals surface area contributed by atoms with Crippen LogP contribution < -0.4 is 26.2 Å². The minimum atomic E-state index is -5.03. The number of hydroxylamine groups is 2. The number of oxime groups is 1. The maximum absolute atomic E-state index is 13.5. The molecule has 1 unspecified atom stereocenters. The number of aliphatic hydroxyl groups excluding tert-OH is 1. The summed E-state index contributed by atoms with van der Waals surface area (Å²) < 4.78 is 45.5. The van der Waals surface area contributed by atoms with E-state index in [4.69, 9.17) is 25.6 Å². The zero-order valence-electron chi connectivity index (χ0n) is 27.3. The summed E-state index contributed by atoms with van der Waals surface area (Å²) in [7, 11) is -3.19. The average molecular weight is 738 g/mol. The second-order valence-electron chi connectivity index (χ2n) is 12.5. The Morgan fingerprint density at radius 3 is 2.66 bits per heavy atom. The highest BCUT2D eigenvalue weighted by Gasteiger charge is 2.58. The lowest BCUT2D eigenvalue weighted by Crippen LogP contribution is -2.76. The number of carbonyl (C=O) groups is 3. The first-order chi connectivity index (χ1) is 23.3. The first-order valence-corrected chi connectivity index (χ1v) is 17.4. The summed E-state index contributed by atoms with van der Waals surface area (Å²) in [5.74, 6) is -3.03. The molecular formula is C29H37N8O11S2+. The Labute approximate surface area is 289 Å². The van der Waals surface area contributed by atoms with E-state index in [-0.39, 0.29) is 23.8 Å². The number of benzene rings is 1. The van der Waals surface area contributed by atoms with Crippen LogP contribution in [0.25, 0.3) is 11.1 Å². The van der Waals surface area contributed by atoms with Gasteiger partial charge in [0.25, 0.3) is 17.4 Å². The maximum Gasteiger partial charge on any atom is 0.418 e. The van der Waals surface area contributed by atoms with Gasteiger partial charge in [0.05, 0.1) is 23.4 Å². The van der Waals surface area contributed by atoms with Gasteiger partial charge in [0.2, 0.25) is 6.20 Å². The molecule has 1 aromatic carbocycles. The van der Waals surface area contributed by atoms with Crippen molar-refractivity contribution in [2.24, 2.45) is 17.9 Å². The number of anilines is 1. The lowest BCUT2D eigenvalue weighted by molar-refractivity contribution is -0.754. The number of nitrogen functional groups attached to an aromatic ring is 1. The van der Waals surface area contributed by atoms with Gasteiger partial charge in [-0.3, -0.25) is 14.1 Å². The van der Waals surface area contributed by atoms with Gasteiger partial charge in [-0.05, 0) is 56.9 Å². The van der Waals surface area contributed by atoms with Gasteiger partial charge in [-0.2, -0.15) is 18.2 Å². The van der Waals surface area contributed by atoms with Gasteiger partial charge in [0.1, 0.15) is 24.0 Å². The Morgan fingerprint density at radius 2 is 2.06 bits per heavy atom. The van der Waals surface area contributed by atoms with E-state index >= 15 is 0 Å². The molecule has 19 nitrogen and oxygen atoms in total. The van der Waals surface area contributed by atoms with E-state index in [0.717, 1.165) is 28.0 Å². The molecule has 2 aliphatic rings. The van der Waals surface area contributed by atoms with Crippen LogP contribution in [-0.2, 0) is 53.9 Å². The van der Waals surface area contributed by atoms with E-state index in [1.165, 1.54) is 26.2 Å². The highest BCUT2D eigenvalue weighted by Crippen LogP contribution is 2.37. The molecule has 270 valence electrons. The number of amides is 2. The molecule has 4 heterocycles. The standard InChI is InChI=1S/C29H36N8O11S2/c1-28(2)23(25(40)37(28)48-50(43,44)45)33-24(39)22(19-14-49-27(31)32-19)34-47-29(3,26(41)42)21-8-6-16-9-15(5-7-20(16)46-21)17-11-35(4)36(12-17)13-18(38)10-30/h5,7,9,11-12,14,18,21,23,38H,6,8,10,13,30H2,1-4H3,(H4-,31,32,33,39,41,42,43,44,45)/p+1/b34-22-/t18-,21?,23+,29-/m0/s1. The highest BCUT2D eigenvalue weighted by molar-refractivity contribution is 7.80. The number of fused-ring (bicyclic) bond motifs is 1. The number of aromatic nitrogens is 3. The monoisotopic (exact) mass is 737 g/mol. The number of nitrogens with two attached hydrogens (primary N) is 2. The van der Waals surface area contributed by atoms with E-state index < -0.39 is 63.3 Å². The third-order valence-electron chi connectivity index (χ3n) is 8.49. The van der Waals surface area contributed by atoms with Crippen LogP contribution in [0.2, 0.25) is 0 Å². The summed E-state index contributed by atoms with van der Waals surface area (Å²) in [4.78, 5) is 48.4. The van der Waals surface area contributed by atoms with E-state index in [9.17, 15) is 33.0 Å². The van der Waals surface area contributed by atoms with E-state index in [2.05, 4.69) is 19.7 Å². The van der Waals surface area contributed by atoms with Crippen molar-refractivity contribution in [1.29, 1.82) is 0 Å². The Bertz CT molecular complexity index is 1960. The topological polar surface area (TPSA) is 275 Å². The number of ether oxygens (including phenoxy) is 1. The molecule has 5 rings (SSSR count). The molecular weight excluding hydrogens is 700 g/mol. The first kappa shape index (κ1) is 36.6. The van der Waals surface area contributed by atoms with Gasteiger partial charge in [0.15, 0.2) is 24.0 Å². The van der Waals surface area contributed by atoms with Crippen LogP contribution in [0, 0.1) is 0 Å². The van der Waals surface area contributed by atoms with Crippen molar-refractivity contribution in [3.05, 3.63) is 47.2 Å². The largest absolute Gasteiger partial charge is 0.485 e. The Morgan fingerprint density at radius 1 is 1.34 bits per heavy atom. The SMILES string of the molecule is C[n+]1cc(-c2ccc3c(c2)CCC([C@](C)(O/N=C(\C(=O)N[C@@H]2C(=O)N(OS(=O)(=O)O)C2(C)C)c2csc(N)n2)C(=O)O)O3)cn1C[C@@H](O)CN. The number of rotatable bonds is 13. The van der Waals surface area contributed by atoms with E-state index in [1.807, 2.05) is 40.9 Å². The van der Waals surface area contributed by atoms with Crippen LogP contribution >= 0.6 is 11.3 Å². The number of carbonyl (C=O) groups excluding carboxylic acids is 2. The summed E-state index contributed by atoms with van der Waals surface area (Å²) in [6.07, 6.45) is 2.64. The average Bonchev–Trinajstić information content (AvgIpc) is 3.65. The zero-order valence-corrected chi connectivity index (χ0v) is 29.0. The summed E-state index contributed by atoms with van der Waals surface area (Å²) in [6, 6.07) is 4.13.